The molecule has 2 amide bonds. The molecule has 1 aliphatic heterocycles. The number of carbonyl (C=O) groups is 2. The molecule has 1 saturated heterocycles. The molecule has 0 aliphatic carbocycles. The Kier molecular flexibility index (Phi) is 8.72. The number of anilines is 2. The Hall–Kier alpha value is -3.06. The second-order valence-corrected chi connectivity index (χ2v) is 7.56. The second kappa shape index (κ2) is 12.0. The Morgan fingerprint density at radius 2 is 1.97 bits per heavy atom. The van der Waals surface area contributed by atoms with Crippen LogP contribution in [0.3, 0.4) is 0 Å². The van der Waals surface area contributed by atoms with Crippen LogP contribution in [-0.4, -0.2) is 44.2 Å². The Labute approximate surface area is 183 Å². The van der Waals surface area contributed by atoms with Gasteiger partial charge in [-0.2, -0.15) is 0 Å². The van der Waals surface area contributed by atoms with E-state index >= 15 is 0 Å². The molecule has 7 nitrogen and oxygen atoms in total. The van der Waals surface area contributed by atoms with E-state index in [1.54, 1.807) is 24.3 Å². The predicted molar refractivity (Wildman–Crippen MR) is 122 cm³/mol. The van der Waals surface area contributed by atoms with Crippen molar-refractivity contribution in [2.45, 2.75) is 38.7 Å². The van der Waals surface area contributed by atoms with Gasteiger partial charge in [0.25, 0.3) is 5.91 Å². The number of nitrogens with one attached hydrogen (secondary N) is 3. The fraction of sp³-hybridized carbons (Fsp3) is 0.417. The van der Waals surface area contributed by atoms with Gasteiger partial charge < -0.3 is 25.4 Å². The molecule has 1 heterocycles. The number of amides is 2. The van der Waals surface area contributed by atoms with E-state index in [4.69, 9.17) is 9.47 Å². The third-order valence-electron chi connectivity index (χ3n) is 4.98. The molecule has 3 N–H and O–H groups in total. The molecule has 2 aromatic rings. The van der Waals surface area contributed by atoms with Crippen molar-refractivity contribution in [3.05, 3.63) is 54.1 Å². The highest BCUT2D eigenvalue weighted by atomic mass is 16.5. The summed E-state index contributed by atoms with van der Waals surface area (Å²) in [6.07, 6.45) is 4.18. The molecule has 0 bridgehead atoms. The van der Waals surface area contributed by atoms with E-state index in [1.165, 1.54) is 0 Å². The van der Waals surface area contributed by atoms with E-state index in [1.807, 2.05) is 24.3 Å². The van der Waals surface area contributed by atoms with Gasteiger partial charge in [-0.25, -0.2) is 0 Å². The van der Waals surface area contributed by atoms with Crippen LogP contribution in [0.2, 0.25) is 0 Å². The molecule has 0 spiro atoms. The summed E-state index contributed by atoms with van der Waals surface area (Å²) in [5.41, 5.74) is 1.89. The van der Waals surface area contributed by atoms with E-state index in [0.717, 1.165) is 43.7 Å². The van der Waals surface area contributed by atoms with Gasteiger partial charge in [-0.3, -0.25) is 9.59 Å². The lowest BCUT2D eigenvalue weighted by Gasteiger charge is -2.12. The molecule has 166 valence electrons. The number of benzene rings is 2. The average Bonchev–Trinajstić information content (AvgIpc) is 3.30. The van der Waals surface area contributed by atoms with Crippen molar-refractivity contribution in [1.29, 1.82) is 0 Å². The molecular weight excluding hydrogens is 394 g/mol. The van der Waals surface area contributed by atoms with Crippen molar-refractivity contribution >= 4 is 23.2 Å². The van der Waals surface area contributed by atoms with Gasteiger partial charge in [0.1, 0.15) is 5.75 Å². The summed E-state index contributed by atoms with van der Waals surface area (Å²) >= 11 is 0. The topological polar surface area (TPSA) is 88.7 Å². The van der Waals surface area contributed by atoms with Crippen molar-refractivity contribution in [3.63, 3.8) is 0 Å². The molecule has 1 aliphatic rings. The summed E-state index contributed by atoms with van der Waals surface area (Å²) in [6.45, 7) is 4.16. The number of hydrogen-bond donors (Lipinski definition) is 3. The molecule has 7 heteroatoms. The van der Waals surface area contributed by atoms with Crippen LogP contribution in [0.5, 0.6) is 5.75 Å². The van der Waals surface area contributed by atoms with Gasteiger partial charge >= 0.3 is 0 Å². The van der Waals surface area contributed by atoms with Crippen molar-refractivity contribution in [3.8, 4) is 5.75 Å². The Morgan fingerprint density at radius 1 is 1.13 bits per heavy atom. The third kappa shape index (κ3) is 7.61. The molecule has 1 unspecified atom stereocenters. The van der Waals surface area contributed by atoms with Crippen LogP contribution in [0.1, 0.15) is 43.0 Å². The van der Waals surface area contributed by atoms with Crippen LogP contribution in [0.15, 0.2) is 48.5 Å². The highest BCUT2D eigenvalue weighted by molar-refractivity contribution is 5.98. The van der Waals surface area contributed by atoms with Crippen molar-refractivity contribution < 1.29 is 19.1 Å². The molecule has 0 aromatic heterocycles. The first-order chi connectivity index (χ1) is 15.1. The van der Waals surface area contributed by atoms with Gasteiger partial charge in [0.05, 0.1) is 19.3 Å². The van der Waals surface area contributed by atoms with E-state index in [2.05, 4.69) is 22.9 Å². The second-order valence-electron chi connectivity index (χ2n) is 7.56. The summed E-state index contributed by atoms with van der Waals surface area (Å²) in [5.74, 6) is 0.402. The van der Waals surface area contributed by atoms with Gasteiger partial charge in [0, 0.05) is 36.2 Å². The quantitative estimate of drug-likeness (QED) is 0.476. The molecule has 1 atom stereocenters. The van der Waals surface area contributed by atoms with Gasteiger partial charge in [-0.1, -0.05) is 25.5 Å². The van der Waals surface area contributed by atoms with Crippen molar-refractivity contribution in [2.75, 3.05) is 36.9 Å². The van der Waals surface area contributed by atoms with Gasteiger partial charge in [-0.15, -0.1) is 0 Å². The first kappa shape index (κ1) is 22.6. The molecule has 2 aromatic carbocycles. The zero-order chi connectivity index (χ0) is 21.9. The highest BCUT2D eigenvalue weighted by Crippen LogP contribution is 2.18. The monoisotopic (exact) mass is 425 g/mol. The smallest absolute Gasteiger partial charge is 0.251 e. The summed E-state index contributed by atoms with van der Waals surface area (Å²) in [7, 11) is 0. The number of carbonyl (C=O) groups excluding carboxylic acids is 2. The Balaban J connectivity index is 1.46. The molecular formula is C24H31N3O4. The number of unbranched alkanes of at least 4 members (excludes halogenated alkanes) is 1. The molecule has 0 radical (unpaired) electrons. The zero-order valence-corrected chi connectivity index (χ0v) is 18.0. The summed E-state index contributed by atoms with van der Waals surface area (Å²) in [5, 5.41) is 8.81. The van der Waals surface area contributed by atoms with Crippen LogP contribution in [0.25, 0.3) is 0 Å². The summed E-state index contributed by atoms with van der Waals surface area (Å²) < 4.78 is 11.2. The molecule has 31 heavy (non-hydrogen) atoms. The van der Waals surface area contributed by atoms with Crippen LogP contribution in [0, 0.1) is 0 Å². The average molecular weight is 426 g/mol. The Morgan fingerprint density at radius 3 is 2.77 bits per heavy atom. The lowest BCUT2D eigenvalue weighted by atomic mass is 10.1. The number of rotatable bonds is 11. The minimum Gasteiger partial charge on any atom is -0.494 e. The predicted octanol–water partition coefficient (Wildman–Crippen LogP) is 3.82. The number of hydrogen-bond acceptors (Lipinski definition) is 5. The highest BCUT2D eigenvalue weighted by Gasteiger charge is 2.17. The minimum absolute atomic E-state index is 0.0912. The van der Waals surface area contributed by atoms with E-state index in [-0.39, 0.29) is 24.5 Å². The lowest BCUT2D eigenvalue weighted by molar-refractivity contribution is -0.114. The summed E-state index contributed by atoms with van der Waals surface area (Å²) in [6, 6.07) is 14.5. The van der Waals surface area contributed by atoms with E-state index < -0.39 is 0 Å². The molecule has 3 rings (SSSR count). The fourth-order valence-corrected chi connectivity index (χ4v) is 3.27. The van der Waals surface area contributed by atoms with Crippen LogP contribution >= 0.6 is 0 Å². The summed E-state index contributed by atoms with van der Waals surface area (Å²) in [4.78, 5) is 24.7. The van der Waals surface area contributed by atoms with Gasteiger partial charge in [0.2, 0.25) is 5.91 Å². The first-order valence-corrected chi connectivity index (χ1v) is 10.9. The third-order valence-corrected chi connectivity index (χ3v) is 4.98. The van der Waals surface area contributed by atoms with Crippen LogP contribution in [0.4, 0.5) is 11.4 Å². The SMILES string of the molecule is CCCCOc1cccc(NCC(=O)Nc2cccc(C(=O)NCC3CCCO3)c2)c1. The fourth-order valence-electron chi connectivity index (χ4n) is 3.27. The molecule has 1 fully saturated rings. The maximum Gasteiger partial charge on any atom is 0.251 e. The van der Waals surface area contributed by atoms with E-state index in [0.29, 0.717) is 24.4 Å². The maximum atomic E-state index is 12.4. The number of ether oxygens (including phenoxy) is 2. The minimum atomic E-state index is -0.200. The largest absolute Gasteiger partial charge is 0.494 e. The van der Waals surface area contributed by atoms with Crippen LogP contribution in [-0.2, 0) is 9.53 Å². The normalized spacial score (nSPS) is 15.3. The van der Waals surface area contributed by atoms with Crippen LogP contribution < -0.4 is 20.7 Å². The first-order valence-electron chi connectivity index (χ1n) is 10.9. The maximum absolute atomic E-state index is 12.4. The van der Waals surface area contributed by atoms with Gasteiger partial charge in [-0.05, 0) is 49.6 Å². The van der Waals surface area contributed by atoms with Crippen molar-refractivity contribution in [1.82, 2.24) is 5.32 Å². The van der Waals surface area contributed by atoms with Crippen molar-refractivity contribution in [2.24, 2.45) is 0 Å². The lowest BCUT2D eigenvalue weighted by Crippen LogP contribution is -2.31. The molecule has 0 saturated carbocycles. The zero-order valence-electron chi connectivity index (χ0n) is 18.0. The van der Waals surface area contributed by atoms with E-state index in [9.17, 15) is 9.59 Å². The standard InChI is InChI=1S/C24H31N3O4/c1-2-3-12-30-21-10-5-8-19(15-21)25-17-23(28)27-20-9-4-7-18(14-20)24(29)26-16-22-11-6-13-31-22/h4-5,7-10,14-15,22,25H,2-3,6,11-13,16-17H2,1H3,(H,26,29)(H,27,28). The Bertz CT molecular complexity index is 865. The van der Waals surface area contributed by atoms with Gasteiger partial charge in [0.15, 0.2) is 0 Å².